The van der Waals surface area contributed by atoms with Crippen molar-refractivity contribution in [1.29, 1.82) is 0 Å². The van der Waals surface area contributed by atoms with Crippen LogP contribution in [0, 0.1) is 0 Å². The molecule has 0 radical (unpaired) electrons. The molecule has 1 atom stereocenters. The Balaban J connectivity index is 1.65. The number of methoxy groups -OCH3 is 1. The first-order valence-electron chi connectivity index (χ1n) is 8.34. The first-order chi connectivity index (χ1) is 12.2. The van der Waals surface area contributed by atoms with Gasteiger partial charge in [0.05, 0.1) is 12.3 Å². The van der Waals surface area contributed by atoms with E-state index in [0.29, 0.717) is 30.2 Å². The first-order valence-corrected chi connectivity index (χ1v) is 8.34. The zero-order chi connectivity index (χ0) is 17.4. The van der Waals surface area contributed by atoms with E-state index < -0.39 is 0 Å². The van der Waals surface area contributed by atoms with Crippen molar-refractivity contribution < 1.29 is 19.0 Å². The molecule has 0 saturated heterocycles. The predicted molar refractivity (Wildman–Crippen MR) is 87.6 cm³/mol. The summed E-state index contributed by atoms with van der Waals surface area (Å²) in [5.41, 5.74) is 2.47. The maximum Gasteiger partial charge on any atom is 0.254 e. The highest BCUT2D eigenvalue weighted by Crippen LogP contribution is 2.35. The van der Waals surface area contributed by atoms with E-state index >= 15 is 0 Å². The molecule has 0 aliphatic carbocycles. The number of benzene rings is 1. The van der Waals surface area contributed by atoms with E-state index in [1.807, 2.05) is 11.6 Å². The van der Waals surface area contributed by atoms with E-state index in [4.69, 9.17) is 14.2 Å². The standard InChI is InChI=1S/C17H20N4O4/c1-3-21-12-6-7-20(13(9-23-2)16(12)18-19-21)17(22)11-4-5-14-15(8-11)25-10-24-14/h4-5,8,13H,3,6-7,9-10H2,1-2H3/t13-/m0/s1. The van der Waals surface area contributed by atoms with Gasteiger partial charge in [0.2, 0.25) is 6.79 Å². The first kappa shape index (κ1) is 15.9. The molecule has 1 aromatic carbocycles. The number of aromatic nitrogens is 3. The van der Waals surface area contributed by atoms with Crippen molar-refractivity contribution in [3.8, 4) is 11.5 Å². The Morgan fingerprint density at radius 2 is 2.20 bits per heavy atom. The minimum Gasteiger partial charge on any atom is -0.454 e. The van der Waals surface area contributed by atoms with Crippen LogP contribution >= 0.6 is 0 Å². The van der Waals surface area contributed by atoms with Crippen LogP contribution in [-0.2, 0) is 17.7 Å². The third-order valence-corrected chi connectivity index (χ3v) is 4.65. The Kier molecular flexibility index (Phi) is 4.04. The molecule has 1 aromatic heterocycles. The van der Waals surface area contributed by atoms with Gasteiger partial charge in [-0.25, -0.2) is 4.68 Å². The number of fused-ring (bicyclic) bond motifs is 2. The molecule has 0 unspecified atom stereocenters. The summed E-state index contributed by atoms with van der Waals surface area (Å²) >= 11 is 0. The lowest BCUT2D eigenvalue weighted by Gasteiger charge is -2.34. The second-order valence-electron chi connectivity index (χ2n) is 6.02. The molecule has 132 valence electrons. The Morgan fingerprint density at radius 1 is 1.36 bits per heavy atom. The topological polar surface area (TPSA) is 78.7 Å². The Hall–Kier alpha value is -2.61. The van der Waals surface area contributed by atoms with E-state index in [-0.39, 0.29) is 18.7 Å². The normalized spacial score (nSPS) is 18.3. The van der Waals surface area contributed by atoms with E-state index in [1.54, 1.807) is 30.2 Å². The lowest BCUT2D eigenvalue weighted by molar-refractivity contribution is 0.0490. The number of rotatable bonds is 4. The van der Waals surface area contributed by atoms with Crippen LogP contribution in [0.3, 0.4) is 0 Å². The zero-order valence-corrected chi connectivity index (χ0v) is 14.3. The number of nitrogens with zero attached hydrogens (tertiary/aromatic N) is 4. The molecule has 2 aliphatic rings. The molecule has 0 spiro atoms. The van der Waals surface area contributed by atoms with Gasteiger partial charge in [-0.2, -0.15) is 0 Å². The SMILES string of the molecule is CCn1nnc2c1CCN(C(=O)c1ccc3c(c1)OCO3)[C@H]2COC. The number of ether oxygens (including phenoxy) is 3. The predicted octanol–water partition coefficient (Wildman–Crippen LogP) is 1.41. The average Bonchev–Trinajstić information content (AvgIpc) is 3.27. The summed E-state index contributed by atoms with van der Waals surface area (Å²) < 4.78 is 17.9. The van der Waals surface area contributed by atoms with Gasteiger partial charge < -0.3 is 19.1 Å². The second-order valence-corrected chi connectivity index (χ2v) is 6.02. The smallest absolute Gasteiger partial charge is 0.254 e. The fourth-order valence-electron chi connectivity index (χ4n) is 3.41. The Labute approximate surface area is 145 Å². The lowest BCUT2D eigenvalue weighted by atomic mass is 10.0. The van der Waals surface area contributed by atoms with Gasteiger partial charge in [0.1, 0.15) is 11.7 Å². The fraction of sp³-hybridized carbons (Fsp3) is 0.471. The summed E-state index contributed by atoms with van der Waals surface area (Å²) in [7, 11) is 1.63. The Morgan fingerprint density at radius 3 is 3.00 bits per heavy atom. The molecule has 0 N–H and O–H groups in total. The second kappa shape index (κ2) is 6.36. The number of hydrogen-bond donors (Lipinski definition) is 0. The molecule has 2 aromatic rings. The van der Waals surface area contributed by atoms with Gasteiger partial charge in [-0.3, -0.25) is 4.79 Å². The van der Waals surface area contributed by atoms with Crippen LogP contribution in [0.5, 0.6) is 11.5 Å². The van der Waals surface area contributed by atoms with Crippen LogP contribution in [-0.4, -0.2) is 52.9 Å². The molecule has 0 fully saturated rings. The summed E-state index contributed by atoms with van der Waals surface area (Å²) in [6.07, 6.45) is 0.729. The van der Waals surface area contributed by atoms with Gasteiger partial charge >= 0.3 is 0 Å². The van der Waals surface area contributed by atoms with Crippen LogP contribution in [0.1, 0.15) is 34.7 Å². The van der Waals surface area contributed by atoms with Crippen molar-refractivity contribution in [2.45, 2.75) is 25.9 Å². The van der Waals surface area contributed by atoms with E-state index in [9.17, 15) is 4.79 Å². The maximum absolute atomic E-state index is 13.1. The van der Waals surface area contributed by atoms with Crippen molar-refractivity contribution in [2.24, 2.45) is 0 Å². The van der Waals surface area contributed by atoms with Crippen molar-refractivity contribution in [2.75, 3.05) is 27.1 Å². The summed E-state index contributed by atoms with van der Waals surface area (Å²) in [5, 5.41) is 8.51. The molecule has 8 heteroatoms. The van der Waals surface area contributed by atoms with Crippen molar-refractivity contribution in [3.05, 3.63) is 35.2 Å². The molecule has 0 bridgehead atoms. The quantitative estimate of drug-likeness (QED) is 0.834. The molecule has 3 heterocycles. The van der Waals surface area contributed by atoms with Gasteiger partial charge in [0.15, 0.2) is 11.5 Å². The third kappa shape index (κ3) is 2.62. The van der Waals surface area contributed by atoms with Gasteiger partial charge in [-0.1, -0.05) is 5.21 Å². The molecule has 8 nitrogen and oxygen atoms in total. The molecule has 2 aliphatic heterocycles. The Bertz CT molecular complexity index is 804. The molecular formula is C17H20N4O4. The van der Waals surface area contributed by atoms with Gasteiger partial charge in [-0.15, -0.1) is 5.10 Å². The van der Waals surface area contributed by atoms with Crippen LogP contribution in [0.4, 0.5) is 0 Å². The molecule has 1 amide bonds. The van der Waals surface area contributed by atoms with Crippen LogP contribution < -0.4 is 9.47 Å². The maximum atomic E-state index is 13.1. The van der Waals surface area contributed by atoms with Crippen molar-refractivity contribution in [1.82, 2.24) is 19.9 Å². The van der Waals surface area contributed by atoms with E-state index in [0.717, 1.165) is 24.4 Å². The summed E-state index contributed by atoms with van der Waals surface area (Å²) in [6.45, 7) is 3.96. The minimum atomic E-state index is -0.244. The molecule has 4 rings (SSSR count). The third-order valence-electron chi connectivity index (χ3n) is 4.65. The molecular weight excluding hydrogens is 324 g/mol. The van der Waals surface area contributed by atoms with Crippen LogP contribution in [0.25, 0.3) is 0 Å². The number of hydrogen-bond acceptors (Lipinski definition) is 6. The average molecular weight is 344 g/mol. The largest absolute Gasteiger partial charge is 0.454 e. The van der Waals surface area contributed by atoms with Crippen molar-refractivity contribution in [3.63, 3.8) is 0 Å². The number of amides is 1. The summed E-state index contributed by atoms with van der Waals surface area (Å²) in [4.78, 5) is 14.9. The summed E-state index contributed by atoms with van der Waals surface area (Å²) in [6, 6.07) is 5.02. The molecule has 0 saturated carbocycles. The monoisotopic (exact) mass is 344 g/mol. The van der Waals surface area contributed by atoms with Gasteiger partial charge in [0.25, 0.3) is 5.91 Å². The lowest BCUT2D eigenvalue weighted by Crippen LogP contribution is -2.42. The van der Waals surface area contributed by atoms with Crippen LogP contribution in [0.2, 0.25) is 0 Å². The number of carbonyl (C=O) groups excluding carboxylic acids is 1. The highest BCUT2D eigenvalue weighted by Gasteiger charge is 2.35. The van der Waals surface area contributed by atoms with Crippen molar-refractivity contribution >= 4 is 5.91 Å². The number of aryl methyl sites for hydroxylation is 1. The van der Waals surface area contributed by atoms with Gasteiger partial charge in [0, 0.05) is 32.2 Å². The van der Waals surface area contributed by atoms with E-state index in [2.05, 4.69) is 10.3 Å². The minimum absolute atomic E-state index is 0.0722. The summed E-state index contributed by atoms with van der Waals surface area (Å²) in [5.74, 6) is 1.19. The van der Waals surface area contributed by atoms with Gasteiger partial charge in [-0.05, 0) is 25.1 Å². The van der Waals surface area contributed by atoms with E-state index in [1.165, 1.54) is 0 Å². The fourth-order valence-corrected chi connectivity index (χ4v) is 3.41. The van der Waals surface area contributed by atoms with Crippen LogP contribution in [0.15, 0.2) is 18.2 Å². The molecule has 25 heavy (non-hydrogen) atoms. The zero-order valence-electron chi connectivity index (χ0n) is 14.3. The highest BCUT2D eigenvalue weighted by molar-refractivity contribution is 5.95. The highest BCUT2D eigenvalue weighted by atomic mass is 16.7. The number of carbonyl (C=O) groups is 1.